The summed E-state index contributed by atoms with van der Waals surface area (Å²) in [4.78, 5) is 0. The van der Waals surface area contributed by atoms with Crippen LogP contribution in [-0.4, -0.2) is 19.7 Å². The van der Waals surface area contributed by atoms with E-state index in [1.165, 1.54) is 36.8 Å². The van der Waals surface area contributed by atoms with Crippen molar-refractivity contribution >= 4 is 0 Å². The fourth-order valence-corrected chi connectivity index (χ4v) is 2.80. The highest BCUT2D eigenvalue weighted by molar-refractivity contribution is 5.37. The molecule has 0 aromatic heterocycles. The minimum atomic E-state index is 0.262. The standard InChI is InChI=1S/C15H24N2O/c1-11-9-12(7-8-15(11)18-2)14(10-16)17-13-5-3-4-6-13/h7-9,13-14,17H,3-6,10,16H2,1-2H3. The van der Waals surface area contributed by atoms with E-state index < -0.39 is 0 Å². The molecule has 18 heavy (non-hydrogen) atoms. The minimum Gasteiger partial charge on any atom is -0.496 e. The first kappa shape index (κ1) is 13.4. The van der Waals surface area contributed by atoms with E-state index in [1.807, 2.05) is 6.07 Å². The predicted octanol–water partition coefficient (Wildman–Crippen LogP) is 2.54. The molecule has 1 aromatic rings. The molecule has 0 amide bonds. The monoisotopic (exact) mass is 248 g/mol. The van der Waals surface area contributed by atoms with Gasteiger partial charge in [0, 0.05) is 18.6 Å². The van der Waals surface area contributed by atoms with Crippen LogP contribution in [0.3, 0.4) is 0 Å². The van der Waals surface area contributed by atoms with E-state index in [1.54, 1.807) is 7.11 Å². The van der Waals surface area contributed by atoms with E-state index >= 15 is 0 Å². The molecule has 100 valence electrons. The molecule has 1 fully saturated rings. The van der Waals surface area contributed by atoms with E-state index in [9.17, 15) is 0 Å². The molecule has 0 bridgehead atoms. The van der Waals surface area contributed by atoms with Crippen LogP contribution in [0.2, 0.25) is 0 Å². The summed E-state index contributed by atoms with van der Waals surface area (Å²) < 4.78 is 5.30. The number of methoxy groups -OCH3 is 1. The number of aryl methyl sites for hydroxylation is 1. The average molecular weight is 248 g/mol. The molecule has 1 aliphatic carbocycles. The van der Waals surface area contributed by atoms with Gasteiger partial charge in [-0.15, -0.1) is 0 Å². The summed E-state index contributed by atoms with van der Waals surface area (Å²) in [7, 11) is 1.71. The van der Waals surface area contributed by atoms with E-state index in [0.717, 1.165) is 5.75 Å². The molecule has 1 aliphatic rings. The molecular formula is C15H24N2O. The summed E-state index contributed by atoms with van der Waals surface area (Å²) >= 11 is 0. The van der Waals surface area contributed by atoms with Crippen LogP contribution in [0.4, 0.5) is 0 Å². The second-order valence-corrected chi connectivity index (χ2v) is 5.17. The summed E-state index contributed by atoms with van der Waals surface area (Å²) in [5, 5.41) is 3.68. The summed E-state index contributed by atoms with van der Waals surface area (Å²) in [6.07, 6.45) is 5.25. The average Bonchev–Trinajstić information content (AvgIpc) is 2.88. The first-order valence-corrected chi connectivity index (χ1v) is 6.85. The lowest BCUT2D eigenvalue weighted by molar-refractivity contribution is 0.410. The SMILES string of the molecule is COc1ccc(C(CN)NC2CCCC2)cc1C. The van der Waals surface area contributed by atoms with Crippen molar-refractivity contribution in [1.82, 2.24) is 5.32 Å². The highest BCUT2D eigenvalue weighted by Crippen LogP contribution is 2.25. The lowest BCUT2D eigenvalue weighted by atomic mass is 10.0. The van der Waals surface area contributed by atoms with Crippen LogP contribution in [0.25, 0.3) is 0 Å². The fraction of sp³-hybridized carbons (Fsp3) is 0.600. The van der Waals surface area contributed by atoms with Crippen molar-refractivity contribution in [3.8, 4) is 5.75 Å². The van der Waals surface area contributed by atoms with Gasteiger partial charge in [-0.1, -0.05) is 25.0 Å². The predicted molar refractivity (Wildman–Crippen MR) is 74.9 cm³/mol. The lowest BCUT2D eigenvalue weighted by Crippen LogP contribution is -2.35. The molecule has 3 N–H and O–H groups in total. The van der Waals surface area contributed by atoms with Gasteiger partial charge in [0.15, 0.2) is 0 Å². The summed E-state index contributed by atoms with van der Waals surface area (Å²) in [5.74, 6) is 0.940. The Labute approximate surface area is 110 Å². The lowest BCUT2D eigenvalue weighted by Gasteiger charge is -2.22. The van der Waals surface area contributed by atoms with Crippen LogP contribution in [-0.2, 0) is 0 Å². The minimum absolute atomic E-state index is 0.262. The van der Waals surface area contributed by atoms with Crippen LogP contribution >= 0.6 is 0 Å². The topological polar surface area (TPSA) is 47.3 Å². The highest BCUT2D eigenvalue weighted by atomic mass is 16.5. The highest BCUT2D eigenvalue weighted by Gasteiger charge is 2.19. The zero-order valence-electron chi connectivity index (χ0n) is 11.4. The number of nitrogens with one attached hydrogen (secondary N) is 1. The fourth-order valence-electron chi connectivity index (χ4n) is 2.80. The maximum absolute atomic E-state index is 5.91. The Morgan fingerprint density at radius 2 is 2.11 bits per heavy atom. The van der Waals surface area contributed by atoms with Gasteiger partial charge in [0.1, 0.15) is 5.75 Å². The Hall–Kier alpha value is -1.06. The molecule has 0 saturated heterocycles. The zero-order valence-corrected chi connectivity index (χ0v) is 11.4. The second-order valence-electron chi connectivity index (χ2n) is 5.17. The second kappa shape index (κ2) is 6.21. The maximum Gasteiger partial charge on any atom is 0.121 e. The number of hydrogen-bond acceptors (Lipinski definition) is 3. The van der Waals surface area contributed by atoms with Gasteiger partial charge >= 0.3 is 0 Å². The van der Waals surface area contributed by atoms with Crippen molar-refractivity contribution < 1.29 is 4.74 Å². The van der Waals surface area contributed by atoms with Gasteiger partial charge in [-0.25, -0.2) is 0 Å². The van der Waals surface area contributed by atoms with Crippen LogP contribution in [0.1, 0.15) is 42.9 Å². The third-order valence-corrected chi connectivity index (χ3v) is 3.85. The summed E-state index contributed by atoms with van der Waals surface area (Å²) in [5.41, 5.74) is 8.34. The Bertz CT molecular complexity index is 386. The zero-order chi connectivity index (χ0) is 13.0. The number of hydrogen-bond donors (Lipinski definition) is 2. The molecule has 0 radical (unpaired) electrons. The number of ether oxygens (including phenoxy) is 1. The van der Waals surface area contributed by atoms with Crippen LogP contribution in [0.5, 0.6) is 5.75 Å². The molecular weight excluding hydrogens is 224 g/mol. The van der Waals surface area contributed by atoms with Crippen molar-refractivity contribution in [2.24, 2.45) is 5.73 Å². The molecule has 0 heterocycles. The van der Waals surface area contributed by atoms with Gasteiger partial charge in [-0.2, -0.15) is 0 Å². The molecule has 2 rings (SSSR count). The Balaban J connectivity index is 2.08. The van der Waals surface area contributed by atoms with E-state index in [2.05, 4.69) is 24.4 Å². The van der Waals surface area contributed by atoms with E-state index in [-0.39, 0.29) is 6.04 Å². The Morgan fingerprint density at radius 3 is 2.67 bits per heavy atom. The first-order valence-electron chi connectivity index (χ1n) is 6.85. The smallest absolute Gasteiger partial charge is 0.121 e. The molecule has 3 nitrogen and oxygen atoms in total. The number of nitrogens with two attached hydrogens (primary N) is 1. The molecule has 3 heteroatoms. The van der Waals surface area contributed by atoms with Gasteiger partial charge in [0.05, 0.1) is 7.11 Å². The molecule has 1 aromatic carbocycles. The molecule has 0 spiro atoms. The molecule has 1 saturated carbocycles. The van der Waals surface area contributed by atoms with Gasteiger partial charge in [-0.3, -0.25) is 0 Å². The Kier molecular flexibility index (Phi) is 4.61. The third kappa shape index (κ3) is 3.03. The van der Waals surface area contributed by atoms with E-state index in [0.29, 0.717) is 12.6 Å². The largest absolute Gasteiger partial charge is 0.496 e. The molecule has 1 atom stereocenters. The summed E-state index contributed by atoms with van der Waals surface area (Å²) in [6, 6.07) is 7.23. The van der Waals surface area contributed by atoms with Crippen molar-refractivity contribution in [2.45, 2.75) is 44.7 Å². The van der Waals surface area contributed by atoms with E-state index in [4.69, 9.17) is 10.5 Å². The van der Waals surface area contributed by atoms with Crippen LogP contribution in [0.15, 0.2) is 18.2 Å². The van der Waals surface area contributed by atoms with Crippen LogP contribution in [0, 0.1) is 6.92 Å². The van der Waals surface area contributed by atoms with Gasteiger partial charge in [0.2, 0.25) is 0 Å². The quantitative estimate of drug-likeness (QED) is 0.842. The van der Waals surface area contributed by atoms with Crippen molar-refractivity contribution in [3.63, 3.8) is 0 Å². The van der Waals surface area contributed by atoms with Crippen LogP contribution < -0.4 is 15.8 Å². The van der Waals surface area contributed by atoms with Gasteiger partial charge in [-0.05, 0) is 37.0 Å². The van der Waals surface area contributed by atoms with Crippen molar-refractivity contribution in [2.75, 3.05) is 13.7 Å². The van der Waals surface area contributed by atoms with Crippen molar-refractivity contribution in [1.29, 1.82) is 0 Å². The van der Waals surface area contributed by atoms with Crippen molar-refractivity contribution in [3.05, 3.63) is 29.3 Å². The first-order chi connectivity index (χ1) is 8.74. The van der Waals surface area contributed by atoms with Gasteiger partial charge < -0.3 is 15.8 Å². The molecule has 1 unspecified atom stereocenters. The Morgan fingerprint density at radius 1 is 1.39 bits per heavy atom. The summed E-state index contributed by atoms with van der Waals surface area (Å²) in [6.45, 7) is 2.72. The maximum atomic E-state index is 5.91. The molecule has 0 aliphatic heterocycles. The van der Waals surface area contributed by atoms with Gasteiger partial charge in [0.25, 0.3) is 0 Å². The third-order valence-electron chi connectivity index (χ3n) is 3.85. The number of benzene rings is 1. The number of rotatable bonds is 5. The normalized spacial score (nSPS) is 17.9.